The average Bonchev–Trinajstić information content (AvgIpc) is 3.46. The lowest BCUT2D eigenvalue weighted by molar-refractivity contribution is 0.196. The Morgan fingerprint density at radius 1 is 1.07 bits per heavy atom. The maximum atomic E-state index is 4.79. The van der Waals surface area contributed by atoms with Crippen LogP contribution in [-0.2, 0) is 6.42 Å². The number of fused-ring (bicyclic) bond motifs is 1. The Labute approximate surface area is 167 Å². The molecule has 0 aliphatic carbocycles. The van der Waals surface area contributed by atoms with Crippen molar-refractivity contribution < 1.29 is 4.63 Å². The van der Waals surface area contributed by atoms with E-state index < -0.39 is 0 Å². The summed E-state index contributed by atoms with van der Waals surface area (Å²) in [5.74, 6) is 0. The van der Waals surface area contributed by atoms with Crippen molar-refractivity contribution in [2.75, 3.05) is 31.1 Å². The maximum Gasteiger partial charge on any atom is 0.143 e. The minimum Gasteiger partial charge on any atom is -0.368 e. The van der Waals surface area contributed by atoms with Crippen molar-refractivity contribution in [3.05, 3.63) is 54.4 Å². The minimum absolute atomic E-state index is 0.459. The van der Waals surface area contributed by atoms with Crippen LogP contribution in [0.4, 0.5) is 5.69 Å². The molecule has 1 aliphatic heterocycles. The van der Waals surface area contributed by atoms with Gasteiger partial charge < -0.3 is 4.90 Å². The SMILES string of the molecule is CC(Cc1ccc2nonc2c1)N1CCN(c2[c]cc(-n3cnnn3)cc2)CC1. The molecule has 0 N–H and O–H groups in total. The summed E-state index contributed by atoms with van der Waals surface area (Å²) in [7, 11) is 0. The molecule has 0 bridgehead atoms. The Bertz CT molecular complexity index is 1070. The fraction of sp³-hybridized carbons (Fsp3) is 0.350. The second-order valence-electron chi connectivity index (χ2n) is 7.35. The van der Waals surface area contributed by atoms with Crippen molar-refractivity contribution in [1.29, 1.82) is 0 Å². The van der Waals surface area contributed by atoms with E-state index in [-0.39, 0.29) is 0 Å². The molecule has 29 heavy (non-hydrogen) atoms. The van der Waals surface area contributed by atoms with Crippen LogP contribution < -0.4 is 4.90 Å². The van der Waals surface area contributed by atoms with Gasteiger partial charge in [-0.05, 0) is 70.0 Å². The summed E-state index contributed by atoms with van der Waals surface area (Å²) in [5.41, 5.74) is 4.90. The number of rotatable bonds is 5. The van der Waals surface area contributed by atoms with Gasteiger partial charge in [0.25, 0.3) is 0 Å². The topological polar surface area (TPSA) is 89.0 Å². The second kappa shape index (κ2) is 7.59. The van der Waals surface area contributed by atoms with Crippen molar-refractivity contribution in [2.45, 2.75) is 19.4 Å². The van der Waals surface area contributed by atoms with E-state index in [1.165, 1.54) is 5.56 Å². The molecule has 4 aromatic rings. The quantitative estimate of drug-likeness (QED) is 0.510. The van der Waals surface area contributed by atoms with E-state index in [0.29, 0.717) is 6.04 Å². The van der Waals surface area contributed by atoms with Crippen LogP contribution in [0, 0.1) is 6.07 Å². The van der Waals surface area contributed by atoms with Gasteiger partial charge in [-0.2, -0.15) is 0 Å². The van der Waals surface area contributed by atoms with E-state index >= 15 is 0 Å². The van der Waals surface area contributed by atoms with Crippen LogP contribution in [0.15, 0.2) is 47.4 Å². The number of hydrogen-bond acceptors (Lipinski definition) is 8. The highest BCUT2D eigenvalue weighted by Gasteiger charge is 2.22. The van der Waals surface area contributed by atoms with E-state index in [9.17, 15) is 0 Å². The van der Waals surface area contributed by atoms with E-state index in [0.717, 1.165) is 55.0 Å². The van der Waals surface area contributed by atoms with Gasteiger partial charge in [-0.3, -0.25) is 4.90 Å². The molecule has 3 heterocycles. The van der Waals surface area contributed by atoms with Gasteiger partial charge in [0.15, 0.2) is 0 Å². The van der Waals surface area contributed by atoms with Crippen LogP contribution in [-0.4, -0.2) is 67.6 Å². The molecule has 1 aliphatic rings. The monoisotopic (exact) mass is 389 g/mol. The number of tetrazole rings is 1. The van der Waals surface area contributed by atoms with Gasteiger partial charge in [-0.25, -0.2) is 9.31 Å². The smallest absolute Gasteiger partial charge is 0.143 e. The predicted octanol–water partition coefficient (Wildman–Crippen LogP) is 1.75. The minimum atomic E-state index is 0.459. The van der Waals surface area contributed by atoms with Crippen LogP contribution in [0.25, 0.3) is 16.7 Å². The summed E-state index contributed by atoms with van der Waals surface area (Å²) in [5, 5.41) is 19.1. The van der Waals surface area contributed by atoms with Gasteiger partial charge in [0.2, 0.25) is 0 Å². The third-order valence-corrected chi connectivity index (χ3v) is 5.52. The maximum absolute atomic E-state index is 4.79. The van der Waals surface area contributed by atoms with E-state index in [1.807, 2.05) is 18.2 Å². The fourth-order valence-corrected chi connectivity index (χ4v) is 3.86. The van der Waals surface area contributed by atoms with Crippen LogP contribution in [0.2, 0.25) is 0 Å². The first-order valence-corrected chi connectivity index (χ1v) is 9.71. The molecule has 0 saturated carbocycles. The molecule has 2 aromatic carbocycles. The van der Waals surface area contributed by atoms with Crippen LogP contribution >= 0.6 is 0 Å². The van der Waals surface area contributed by atoms with Crippen molar-refractivity contribution in [1.82, 2.24) is 35.4 Å². The first kappa shape index (κ1) is 17.7. The van der Waals surface area contributed by atoms with Crippen molar-refractivity contribution in [3.8, 4) is 5.69 Å². The molecule has 9 heteroatoms. The molecule has 1 fully saturated rings. The Balaban J connectivity index is 1.18. The Morgan fingerprint density at radius 3 is 2.69 bits per heavy atom. The number of aromatic nitrogens is 6. The molecular formula is C20H21N8O. The third kappa shape index (κ3) is 3.68. The molecule has 1 saturated heterocycles. The molecule has 0 spiro atoms. The Kier molecular flexibility index (Phi) is 4.65. The zero-order valence-electron chi connectivity index (χ0n) is 16.1. The van der Waals surface area contributed by atoms with Gasteiger partial charge in [-0.15, -0.1) is 5.10 Å². The predicted molar refractivity (Wildman–Crippen MR) is 107 cm³/mol. The lowest BCUT2D eigenvalue weighted by atomic mass is 10.0. The molecule has 147 valence electrons. The largest absolute Gasteiger partial charge is 0.368 e. The normalized spacial score (nSPS) is 16.4. The molecule has 1 unspecified atom stereocenters. The van der Waals surface area contributed by atoms with Crippen molar-refractivity contribution in [2.24, 2.45) is 0 Å². The van der Waals surface area contributed by atoms with Crippen LogP contribution in [0.1, 0.15) is 12.5 Å². The summed E-state index contributed by atoms with van der Waals surface area (Å²) >= 11 is 0. The lowest BCUT2D eigenvalue weighted by Gasteiger charge is -2.39. The number of piperazine rings is 1. The fourth-order valence-electron chi connectivity index (χ4n) is 3.86. The first-order valence-electron chi connectivity index (χ1n) is 9.71. The highest BCUT2D eigenvalue weighted by Crippen LogP contribution is 2.20. The molecule has 9 nitrogen and oxygen atoms in total. The molecule has 2 aromatic heterocycles. The summed E-state index contributed by atoms with van der Waals surface area (Å²) in [6.07, 6.45) is 2.56. The summed E-state index contributed by atoms with van der Waals surface area (Å²) in [6.45, 7) is 6.30. The van der Waals surface area contributed by atoms with Crippen LogP contribution in [0.3, 0.4) is 0 Å². The highest BCUT2D eigenvalue weighted by atomic mass is 16.6. The Hall–Kier alpha value is -3.33. The molecular weight excluding hydrogens is 368 g/mol. The van der Waals surface area contributed by atoms with Gasteiger partial charge in [0.05, 0.1) is 5.69 Å². The highest BCUT2D eigenvalue weighted by molar-refractivity contribution is 5.73. The van der Waals surface area contributed by atoms with Crippen molar-refractivity contribution in [3.63, 3.8) is 0 Å². The zero-order valence-corrected chi connectivity index (χ0v) is 16.1. The van der Waals surface area contributed by atoms with Crippen LogP contribution in [0.5, 0.6) is 0 Å². The molecule has 0 amide bonds. The van der Waals surface area contributed by atoms with Gasteiger partial charge in [0, 0.05) is 44.0 Å². The molecule has 1 radical (unpaired) electrons. The van der Waals surface area contributed by atoms with Gasteiger partial charge in [-0.1, -0.05) is 6.07 Å². The van der Waals surface area contributed by atoms with Gasteiger partial charge >= 0.3 is 0 Å². The van der Waals surface area contributed by atoms with E-state index in [1.54, 1.807) is 11.0 Å². The number of benzene rings is 2. The average molecular weight is 389 g/mol. The standard InChI is InChI=1S/C20H21N8O/c1-15(12-16-2-7-19-20(13-16)23-29-22-19)26-8-10-27(11-9-26)17-3-5-18(6-4-17)28-14-21-24-25-28/h2-3,5-7,13-15H,8-12H2,1H3. The Morgan fingerprint density at radius 2 is 1.93 bits per heavy atom. The van der Waals surface area contributed by atoms with Crippen molar-refractivity contribution >= 4 is 16.7 Å². The lowest BCUT2D eigenvalue weighted by Crippen LogP contribution is -2.50. The number of anilines is 1. The summed E-state index contributed by atoms with van der Waals surface area (Å²) in [6, 6.07) is 16.0. The molecule has 1 atom stereocenters. The van der Waals surface area contributed by atoms with E-state index in [4.69, 9.17) is 4.63 Å². The second-order valence-corrected chi connectivity index (χ2v) is 7.35. The number of hydrogen-bond donors (Lipinski definition) is 0. The number of nitrogens with zero attached hydrogens (tertiary/aromatic N) is 8. The molecule has 5 rings (SSSR count). The zero-order chi connectivity index (χ0) is 19.6. The summed E-state index contributed by atoms with van der Waals surface area (Å²) in [4.78, 5) is 4.91. The third-order valence-electron chi connectivity index (χ3n) is 5.52. The summed E-state index contributed by atoms with van der Waals surface area (Å²) < 4.78 is 6.42. The van der Waals surface area contributed by atoms with Gasteiger partial charge in [0.1, 0.15) is 17.4 Å². The van der Waals surface area contributed by atoms with E-state index in [2.05, 4.69) is 66.8 Å². The first-order chi connectivity index (χ1) is 14.3.